The van der Waals surface area contributed by atoms with Gasteiger partial charge in [0.1, 0.15) is 5.75 Å². The van der Waals surface area contributed by atoms with Crippen LogP contribution in [0.3, 0.4) is 0 Å². The lowest BCUT2D eigenvalue weighted by Crippen LogP contribution is -2.55. The lowest BCUT2D eigenvalue weighted by atomic mass is 9.99. The average molecular weight is 343 g/mol. The van der Waals surface area contributed by atoms with Crippen LogP contribution in [0.15, 0.2) is 30.3 Å². The van der Waals surface area contributed by atoms with E-state index in [1.807, 2.05) is 23.1 Å². The number of carbonyl (C=O) groups is 2. The van der Waals surface area contributed by atoms with Crippen LogP contribution in [-0.2, 0) is 9.59 Å². The van der Waals surface area contributed by atoms with Gasteiger partial charge < -0.3 is 15.4 Å². The van der Waals surface area contributed by atoms with Crippen molar-refractivity contribution in [3.63, 3.8) is 0 Å². The number of amides is 2. The van der Waals surface area contributed by atoms with Gasteiger partial charge in [0.15, 0.2) is 6.61 Å². The van der Waals surface area contributed by atoms with Gasteiger partial charge in [0.25, 0.3) is 5.91 Å². The Labute approximate surface area is 148 Å². The molecule has 134 valence electrons. The second-order valence-corrected chi connectivity index (χ2v) is 6.63. The van der Waals surface area contributed by atoms with Crippen molar-refractivity contribution in [1.82, 2.24) is 9.80 Å². The lowest BCUT2D eigenvalue weighted by molar-refractivity contribution is -0.129. The number of piperazine rings is 1. The molecule has 0 bridgehead atoms. The summed E-state index contributed by atoms with van der Waals surface area (Å²) in [6.07, 6.45) is 7.19. The molecule has 2 amide bonds. The van der Waals surface area contributed by atoms with Crippen LogP contribution in [0.4, 0.5) is 0 Å². The van der Waals surface area contributed by atoms with Crippen molar-refractivity contribution in [2.75, 3.05) is 32.8 Å². The van der Waals surface area contributed by atoms with E-state index < -0.39 is 5.91 Å². The van der Waals surface area contributed by atoms with Gasteiger partial charge in [0.05, 0.1) is 0 Å². The fourth-order valence-electron chi connectivity index (χ4n) is 3.46. The van der Waals surface area contributed by atoms with E-state index in [2.05, 4.69) is 4.90 Å². The Balaban J connectivity index is 1.52. The zero-order chi connectivity index (χ0) is 17.6. The van der Waals surface area contributed by atoms with Crippen molar-refractivity contribution in [3.05, 3.63) is 35.9 Å². The van der Waals surface area contributed by atoms with Gasteiger partial charge in [-0.2, -0.15) is 0 Å². The maximum absolute atomic E-state index is 12.4. The minimum Gasteiger partial charge on any atom is -0.484 e. The van der Waals surface area contributed by atoms with Crippen LogP contribution in [0, 0.1) is 0 Å². The van der Waals surface area contributed by atoms with Crippen LogP contribution in [0.25, 0.3) is 6.08 Å². The van der Waals surface area contributed by atoms with Crippen LogP contribution >= 0.6 is 0 Å². The Morgan fingerprint density at radius 3 is 2.72 bits per heavy atom. The van der Waals surface area contributed by atoms with Crippen LogP contribution in [0.5, 0.6) is 5.75 Å². The summed E-state index contributed by atoms with van der Waals surface area (Å²) in [5, 5.41) is 0. The van der Waals surface area contributed by atoms with Crippen LogP contribution in [0.1, 0.15) is 24.8 Å². The highest BCUT2D eigenvalue weighted by atomic mass is 16.5. The first kappa shape index (κ1) is 17.5. The van der Waals surface area contributed by atoms with Gasteiger partial charge in [0, 0.05) is 31.8 Å². The fraction of sp³-hybridized carbons (Fsp3) is 0.474. The number of nitrogens with two attached hydrogens (primary N) is 1. The van der Waals surface area contributed by atoms with Gasteiger partial charge in [-0.1, -0.05) is 18.6 Å². The normalized spacial score (nSPS) is 21.1. The summed E-state index contributed by atoms with van der Waals surface area (Å²) in [5.41, 5.74) is 5.96. The van der Waals surface area contributed by atoms with E-state index in [4.69, 9.17) is 10.5 Å². The molecule has 0 aromatic heterocycles. The largest absolute Gasteiger partial charge is 0.484 e. The van der Waals surface area contributed by atoms with Gasteiger partial charge in [-0.15, -0.1) is 0 Å². The molecule has 2 heterocycles. The number of ether oxygens (including phenoxy) is 1. The Morgan fingerprint density at radius 2 is 1.96 bits per heavy atom. The third-order valence-electron chi connectivity index (χ3n) is 4.83. The molecular weight excluding hydrogens is 318 g/mol. The zero-order valence-electron chi connectivity index (χ0n) is 14.4. The number of rotatable bonds is 5. The number of piperidine rings is 1. The third kappa shape index (κ3) is 4.82. The van der Waals surface area contributed by atoms with E-state index in [0.717, 1.165) is 25.2 Å². The maximum atomic E-state index is 12.4. The highest BCUT2D eigenvalue weighted by molar-refractivity contribution is 5.91. The minimum atomic E-state index is -0.507. The van der Waals surface area contributed by atoms with E-state index in [0.29, 0.717) is 11.8 Å². The number of hydrogen-bond acceptors (Lipinski definition) is 4. The first-order chi connectivity index (χ1) is 12.1. The minimum absolute atomic E-state index is 0.0688. The van der Waals surface area contributed by atoms with Crippen molar-refractivity contribution < 1.29 is 14.3 Å². The van der Waals surface area contributed by atoms with Gasteiger partial charge in [0.2, 0.25) is 5.91 Å². The summed E-state index contributed by atoms with van der Waals surface area (Å²) in [7, 11) is 0. The Morgan fingerprint density at radius 1 is 1.16 bits per heavy atom. The molecule has 0 spiro atoms. The standard InChI is InChI=1S/C19H25N3O3/c20-18(23)14-25-17-7-4-15(5-8-17)6-9-19(24)22-12-11-21-10-2-1-3-16(21)13-22/h4-9,16H,1-3,10-14H2,(H2,20,23)/b9-6-/t16-/m1/s1. The fourth-order valence-corrected chi connectivity index (χ4v) is 3.46. The van der Waals surface area contributed by atoms with E-state index in [9.17, 15) is 9.59 Å². The van der Waals surface area contributed by atoms with Gasteiger partial charge in [-0.25, -0.2) is 0 Å². The van der Waals surface area contributed by atoms with E-state index >= 15 is 0 Å². The molecule has 1 atom stereocenters. The van der Waals surface area contributed by atoms with Crippen molar-refractivity contribution >= 4 is 17.9 Å². The molecule has 0 aliphatic carbocycles. The summed E-state index contributed by atoms with van der Waals surface area (Å²) in [6.45, 7) is 3.66. The van der Waals surface area contributed by atoms with Gasteiger partial charge in [-0.3, -0.25) is 14.5 Å². The second kappa shape index (κ2) is 8.16. The molecule has 6 heteroatoms. The average Bonchev–Trinajstić information content (AvgIpc) is 2.64. The summed E-state index contributed by atoms with van der Waals surface area (Å²) in [5.74, 6) is 0.141. The lowest BCUT2D eigenvalue weighted by Gasteiger charge is -2.43. The van der Waals surface area contributed by atoms with Crippen molar-refractivity contribution in [3.8, 4) is 5.75 Å². The summed E-state index contributed by atoms with van der Waals surface area (Å²) in [4.78, 5) is 27.6. The van der Waals surface area contributed by atoms with Gasteiger partial charge >= 0.3 is 0 Å². The molecule has 1 aromatic rings. The topological polar surface area (TPSA) is 75.9 Å². The Hall–Kier alpha value is -2.34. The molecule has 2 fully saturated rings. The maximum Gasteiger partial charge on any atom is 0.255 e. The predicted octanol–water partition coefficient (Wildman–Crippen LogP) is 1.26. The third-order valence-corrected chi connectivity index (χ3v) is 4.83. The first-order valence-electron chi connectivity index (χ1n) is 8.84. The molecule has 2 aliphatic rings. The summed E-state index contributed by atoms with van der Waals surface area (Å²) < 4.78 is 5.22. The van der Waals surface area contributed by atoms with Crippen molar-refractivity contribution in [2.45, 2.75) is 25.3 Å². The smallest absolute Gasteiger partial charge is 0.255 e. The van der Waals surface area contributed by atoms with Gasteiger partial charge in [-0.05, 0) is 43.2 Å². The van der Waals surface area contributed by atoms with Crippen molar-refractivity contribution in [1.29, 1.82) is 0 Å². The highest BCUT2D eigenvalue weighted by Crippen LogP contribution is 2.21. The number of primary amides is 1. The van der Waals surface area contributed by atoms with E-state index in [1.165, 1.54) is 25.8 Å². The molecular formula is C19H25N3O3. The summed E-state index contributed by atoms with van der Waals surface area (Å²) >= 11 is 0. The second-order valence-electron chi connectivity index (χ2n) is 6.63. The highest BCUT2D eigenvalue weighted by Gasteiger charge is 2.30. The number of nitrogens with zero attached hydrogens (tertiary/aromatic N) is 2. The monoisotopic (exact) mass is 343 g/mol. The van der Waals surface area contributed by atoms with E-state index in [-0.39, 0.29) is 12.5 Å². The SMILES string of the molecule is NC(=O)COc1ccc(/C=C\C(=O)N2CCN3CCCC[C@@H]3C2)cc1. The summed E-state index contributed by atoms with van der Waals surface area (Å²) in [6, 6.07) is 7.74. The molecule has 25 heavy (non-hydrogen) atoms. The molecule has 2 saturated heterocycles. The molecule has 3 rings (SSSR count). The number of fused-ring (bicyclic) bond motifs is 1. The molecule has 6 nitrogen and oxygen atoms in total. The Kier molecular flexibility index (Phi) is 5.71. The van der Waals surface area contributed by atoms with Crippen LogP contribution < -0.4 is 10.5 Å². The van der Waals surface area contributed by atoms with Crippen LogP contribution in [-0.4, -0.2) is 60.4 Å². The molecule has 2 N–H and O–H groups in total. The number of carbonyl (C=O) groups excluding carboxylic acids is 2. The quantitative estimate of drug-likeness (QED) is 0.817. The Bertz CT molecular complexity index is 642. The molecule has 0 radical (unpaired) electrons. The predicted molar refractivity (Wildman–Crippen MR) is 96.0 cm³/mol. The number of benzene rings is 1. The van der Waals surface area contributed by atoms with Crippen molar-refractivity contribution in [2.24, 2.45) is 5.73 Å². The molecule has 2 aliphatic heterocycles. The van der Waals surface area contributed by atoms with E-state index in [1.54, 1.807) is 18.2 Å². The number of hydrogen-bond donors (Lipinski definition) is 1. The molecule has 1 aromatic carbocycles. The molecule has 0 saturated carbocycles. The molecule has 0 unspecified atom stereocenters. The first-order valence-corrected chi connectivity index (χ1v) is 8.84. The zero-order valence-corrected chi connectivity index (χ0v) is 14.4. The van der Waals surface area contributed by atoms with Crippen LogP contribution in [0.2, 0.25) is 0 Å².